The van der Waals surface area contributed by atoms with Crippen molar-refractivity contribution in [3.63, 3.8) is 0 Å². The van der Waals surface area contributed by atoms with E-state index in [1.165, 1.54) is 0 Å². The minimum absolute atomic E-state index is 0.102. The Labute approximate surface area is 99.5 Å². The molecular formula is C11H18O6. The topological polar surface area (TPSA) is 85.2 Å². The van der Waals surface area contributed by atoms with Gasteiger partial charge in [-0.3, -0.25) is 4.79 Å². The summed E-state index contributed by atoms with van der Waals surface area (Å²) in [5.41, 5.74) is -1.08. The highest BCUT2D eigenvalue weighted by atomic mass is 16.9. The van der Waals surface area contributed by atoms with E-state index in [-0.39, 0.29) is 25.7 Å². The predicted molar refractivity (Wildman–Crippen MR) is 55.7 cm³/mol. The second-order valence-corrected chi connectivity index (χ2v) is 4.59. The van der Waals surface area contributed by atoms with Crippen molar-refractivity contribution < 1.29 is 29.2 Å². The molecule has 1 saturated carbocycles. The van der Waals surface area contributed by atoms with Crippen LogP contribution in [0.2, 0.25) is 0 Å². The fourth-order valence-corrected chi connectivity index (χ4v) is 2.45. The third-order valence-electron chi connectivity index (χ3n) is 3.35. The lowest BCUT2D eigenvalue weighted by molar-refractivity contribution is -0.406. The van der Waals surface area contributed by atoms with E-state index in [4.69, 9.17) is 14.2 Å². The maximum Gasteiger partial charge on any atom is 0.317 e. The highest BCUT2D eigenvalue weighted by Gasteiger charge is 2.60. The van der Waals surface area contributed by atoms with E-state index in [1.54, 1.807) is 13.8 Å². The average Bonchev–Trinajstić information content (AvgIpc) is 2.52. The Hall–Kier alpha value is -0.690. The molecule has 1 aliphatic heterocycles. The van der Waals surface area contributed by atoms with Crippen LogP contribution < -0.4 is 0 Å². The van der Waals surface area contributed by atoms with Gasteiger partial charge in [0.05, 0.1) is 18.8 Å². The van der Waals surface area contributed by atoms with Gasteiger partial charge >= 0.3 is 5.97 Å². The number of hydrogen-bond acceptors (Lipinski definition) is 6. The Balaban J connectivity index is 2.15. The number of ether oxygens (including phenoxy) is 3. The first-order valence-corrected chi connectivity index (χ1v) is 5.84. The molecule has 0 radical (unpaired) electrons. The number of rotatable bonds is 3. The van der Waals surface area contributed by atoms with Gasteiger partial charge in [-0.1, -0.05) is 0 Å². The molecular weight excluding hydrogens is 228 g/mol. The molecule has 0 amide bonds. The molecule has 1 saturated heterocycles. The molecule has 0 aromatic heterocycles. The number of carbonyl (C=O) groups is 1. The van der Waals surface area contributed by atoms with Gasteiger partial charge in [-0.2, -0.15) is 0 Å². The van der Waals surface area contributed by atoms with Crippen molar-refractivity contribution in [1.82, 2.24) is 0 Å². The van der Waals surface area contributed by atoms with Crippen molar-refractivity contribution in [1.29, 1.82) is 0 Å². The van der Waals surface area contributed by atoms with E-state index in [2.05, 4.69) is 0 Å². The van der Waals surface area contributed by atoms with E-state index >= 15 is 0 Å². The fraction of sp³-hybridized carbons (Fsp3) is 0.909. The van der Waals surface area contributed by atoms with Crippen molar-refractivity contribution in [2.24, 2.45) is 5.41 Å². The van der Waals surface area contributed by atoms with Crippen LogP contribution in [0.15, 0.2) is 0 Å². The quantitative estimate of drug-likeness (QED) is 0.669. The van der Waals surface area contributed by atoms with Crippen molar-refractivity contribution in [3.8, 4) is 0 Å². The molecule has 0 aromatic carbocycles. The summed E-state index contributed by atoms with van der Waals surface area (Å²) in [6, 6.07) is 0. The number of carbonyl (C=O) groups excluding carboxylic acids is 1. The molecule has 1 heterocycles. The van der Waals surface area contributed by atoms with Crippen LogP contribution in [-0.2, 0) is 19.0 Å². The first-order valence-electron chi connectivity index (χ1n) is 5.84. The van der Waals surface area contributed by atoms with Crippen molar-refractivity contribution in [2.45, 2.75) is 51.5 Å². The molecule has 6 nitrogen and oxygen atoms in total. The highest BCUT2D eigenvalue weighted by molar-refractivity contribution is 5.78. The lowest BCUT2D eigenvalue weighted by Gasteiger charge is -2.43. The molecule has 98 valence electrons. The highest BCUT2D eigenvalue weighted by Crippen LogP contribution is 2.47. The number of aliphatic hydroxyl groups excluding tert-OH is 2. The van der Waals surface area contributed by atoms with E-state index in [0.717, 1.165) is 0 Å². The standard InChI is InChI=1S/C11H18O6/c1-3-15-9(14)11(10-16-6(2)17-10)4-7(12)8(13)5-11/h6-8,10,12-13H,3-5H2,1-2H3/t6?,7-,8+,10?,11?. The third kappa shape index (κ3) is 2.06. The molecule has 1 unspecified atom stereocenters. The van der Waals surface area contributed by atoms with Gasteiger partial charge in [-0.05, 0) is 26.7 Å². The van der Waals surface area contributed by atoms with Gasteiger partial charge in [0.15, 0.2) is 12.6 Å². The van der Waals surface area contributed by atoms with Crippen molar-refractivity contribution in [2.75, 3.05) is 6.61 Å². The lowest BCUT2D eigenvalue weighted by Crippen LogP contribution is -2.54. The molecule has 0 bridgehead atoms. The Morgan fingerprint density at radius 2 is 1.88 bits per heavy atom. The number of esters is 1. The largest absolute Gasteiger partial charge is 0.465 e. The van der Waals surface area contributed by atoms with Crippen LogP contribution in [0.4, 0.5) is 0 Å². The Bertz CT molecular complexity index is 288. The molecule has 1 aliphatic carbocycles. The molecule has 0 aromatic rings. The van der Waals surface area contributed by atoms with Crippen LogP contribution in [0.1, 0.15) is 26.7 Å². The average molecular weight is 246 g/mol. The summed E-state index contributed by atoms with van der Waals surface area (Å²) in [6.07, 6.45) is -2.77. The number of aliphatic hydroxyl groups is 2. The van der Waals surface area contributed by atoms with Crippen LogP contribution in [0.3, 0.4) is 0 Å². The monoisotopic (exact) mass is 246 g/mol. The molecule has 2 aliphatic rings. The van der Waals surface area contributed by atoms with Gasteiger partial charge in [0.2, 0.25) is 0 Å². The SMILES string of the molecule is CCOC(=O)C1(C2OC(C)O2)C[C@@H](O)[C@@H](O)C1. The molecule has 0 spiro atoms. The minimum atomic E-state index is -1.08. The van der Waals surface area contributed by atoms with Crippen molar-refractivity contribution >= 4 is 5.97 Å². The molecule has 3 atom stereocenters. The van der Waals surface area contributed by atoms with Crippen LogP contribution >= 0.6 is 0 Å². The summed E-state index contributed by atoms with van der Waals surface area (Å²) >= 11 is 0. The summed E-state index contributed by atoms with van der Waals surface area (Å²) in [5, 5.41) is 19.2. The van der Waals surface area contributed by atoms with E-state index < -0.39 is 29.9 Å². The zero-order chi connectivity index (χ0) is 12.6. The van der Waals surface area contributed by atoms with Crippen LogP contribution in [0.25, 0.3) is 0 Å². The minimum Gasteiger partial charge on any atom is -0.465 e. The smallest absolute Gasteiger partial charge is 0.317 e. The zero-order valence-corrected chi connectivity index (χ0v) is 9.96. The van der Waals surface area contributed by atoms with Gasteiger partial charge < -0.3 is 24.4 Å². The van der Waals surface area contributed by atoms with Crippen molar-refractivity contribution in [3.05, 3.63) is 0 Å². The second-order valence-electron chi connectivity index (χ2n) is 4.59. The second kappa shape index (κ2) is 4.53. The molecule has 6 heteroatoms. The summed E-state index contributed by atoms with van der Waals surface area (Å²) in [7, 11) is 0. The van der Waals surface area contributed by atoms with Crippen LogP contribution in [-0.4, -0.2) is 47.6 Å². The van der Waals surface area contributed by atoms with Crippen LogP contribution in [0, 0.1) is 5.41 Å². The fourth-order valence-electron chi connectivity index (χ4n) is 2.45. The summed E-state index contributed by atoms with van der Waals surface area (Å²) in [4.78, 5) is 12.0. The predicted octanol–water partition coefficient (Wildman–Crippen LogP) is -0.230. The van der Waals surface area contributed by atoms with E-state index in [0.29, 0.717) is 0 Å². The summed E-state index contributed by atoms with van der Waals surface area (Å²) in [5.74, 6) is -0.479. The van der Waals surface area contributed by atoms with Gasteiger partial charge in [0, 0.05) is 0 Å². The van der Waals surface area contributed by atoms with Crippen LogP contribution in [0.5, 0.6) is 0 Å². The zero-order valence-electron chi connectivity index (χ0n) is 9.96. The lowest BCUT2D eigenvalue weighted by atomic mass is 9.84. The Morgan fingerprint density at radius 1 is 1.35 bits per heavy atom. The Morgan fingerprint density at radius 3 is 2.29 bits per heavy atom. The first kappa shape index (κ1) is 12.8. The van der Waals surface area contributed by atoms with E-state index in [1.807, 2.05) is 0 Å². The van der Waals surface area contributed by atoms with Gasteiger partial charge in [-0.15, -0.1) is 0 Å². The Kier molecular flexibility index (Phi) is 3.40. The molecule has 2 fully saturated rings. The molecule has 17 heavy (non-hydrogen) atoms. The molecule has 2 N–H and O–H groups in total. The maximum atomic E-state index is 12.0. The van der Waals surface area contributed by atoms with Gasteiger partial charge in [0.25, 0.3) is 0 Å². The van der Waals surface area contributed by atoms with E-state index in [9.17, 15) is 15.0 Å². The van der Waals surface area contributed by atoms with Gasteiger partial charge in [0.1, 0.15) is 5.41 Å². The first-order chi connectivity index (χ1) is 7.99. The molecule has 2 rings (SSSR count). The summed E-state index contributed by atoms with van der Waals surface area (Å²) in [6.45, 7) is 3.67. The number of hydrogen-bond donors (Lipinski definition) is 2. The summed E-state index contributed by atoms with van der Waals surface area (Å²) < 4.78 is 15.7. The third-order valence-corrected chi connectivity index (χ3v) is 3.35. The maximum absolute atomic E-state index is 12.0. The normalized spacial score (nSPS) is 45.4. The van der Waals surface area contributed by atoms with Gasteiger partial charge in [-0.25, -0.2) is 0 Å².